The third kappa shape index (κ3) is 4.19. The Balaban J connectivity index is 1.22. The van der Waals surface area contributed by atoms with Crippen LogP contribution in [0.3, 0.4) is 0 Å². The molecule has 0 aromatic carbocycles. The van der Waals surface area contributed by atoms with Gasteiger partial charge in [0.05, 0.1) is 24.1 Å². The van der Waals surface area contributed by atoms with Gasteiger partial charge in [-0.25, -0.2) is 4.98 Å². The highest BCUT2D eigenvalue weighted by Crippen LogP contribution is 2.38. The van der Waals surface area contributed by atoms with Gasteiger partial charge < -0.3 is 9.47 Å². The van der Waals surface area contributed by atoms with Crippen molar-refractivity contribution >= 4 is 0 Å². The lowest BCUT2D eigenvalue weighted by molar-refractivity contribution is -0.182. The first-order valence-corrected chi connectivity index (χ1v) is 9.37. The van der Waals surface area contributed by atoms with Crippen molar-refractivity contribution in [2.45, 2.75) is 38.3 Å². The number of hydrogen-bond acceptors (Lipinski definition) is 6. The van der Waals surface area contributed by atoms with Crippen molar-refractivity contribution in [2.24, 2.45) is 5.92 Å². The lowest BCUT2D eigenvalue weighted by Crippen LogP contribution is -2.64. The van der Waals surface area contributed by atoms with Gasteiger partial charge in [-0.2, -0.15) is 0 Å². The normalized spacial score (nSPS) is 22.1. The summed E-state index contributed by atoms with van der Waals surface area (Å²) in [6, 6.07) is 4.13. The number of ether oxygens (including phenoxy) is 2. The van der Waals surface area contributed by atoms with Crippen molar-refractivity contribution in [3.8, 4) is 5.88 Å². The van der Waals surface area contributed by atoms with Crippen LogP contribution in [0.2, 0.25) is 0 Å². The molecule has 0 amide bonds. The highest BCUT2D eigenvalue weighted by atomic mass is 16.5. The third-order valence-corrected chi connectivity index (χ3v) is 5.26. The first kappa shape index (κ1) is 17.4. The monoisotopic (exact) mass is 354 g/mol. The largest absolute Gasteiger partial charge is 0.477 e. The van der Waals surface area contributed by atoms with Crippen LogP contribution in [-0.2, 0) is 11.3 Å². The van der Waals surface area contributed by atoms with Crippen LogP contribution in [-0.4, -0.2) is 51.8 Å². The van der Waals surface area contributed by atoms with Gasteiger partial charge in [-0.1, -0.05) is 6.07 Å². The summed E-state index contributed by atoms with van der Waals surface area (Å²) in [5, 5.41) is 0. The lowest BCUT2D eigenvalue weighted by Gasteiger charge is -2.53. The summed E-state index contributed by atoms with van der Waals surface area (Å²) < 4.78 is 11.9. The molecule has 2 aromatic heterocycles. The van der Waals surface area contributed by atoms with Gasteiger partial charge in [0.15, 0.2) is 0 Å². The second kappa shape index (κ2) is 7.68. The number of aromatic nitrogens is 3. The van der Waals surface area contributed by atoms with Crippen LogP contribution in [0.1, 0.15) is 30.5 Å². The Hall–Kier alpha value is -2.05. The van der Waals surface area contributed by atoms with Crippen LogP contribution < -0.4 is 4.74 Å². The summed E-state index contributed by atoms with van der Waals surface area (Å²) in [5.41, 5.74) is 2.20. The first-order valence-electron chi connectivity index (χ1n) is 9.37. The molecule has 0 bridgehead atoms. The molecule has 1 spiro atoms. The Morgan fingerprint density at radius 2 is 2.19 bits per heavy atom. The molecule has 2 aromatic rings. The predicted octanol–water partition coefficient (Wildman–Crippen LogP) is 2.63. The Morgan fingerprint density at radius 1 is 1.27 bits per heavy atom. The second-order valence-corrected chi connectivity index (χ2v) is 7.53. The van der Waals surface area contributed by atoms with E-state index in [1.165, 1.54) is 5.56 Å². The van der Waals surface area contributed by atoms with Gasteiger partial charge >= 0.3 is 0 Å². The molecule has 6 nitrogen and oxygen atoms in total. The fourth-order valence-corrected chi connectivity index (χ4v) is 4.07. The topological polar surface area (TPSA) is 60.4 Å². The summed E-state index contributed by atoms with van der Waals surface area (Å²) in [5.74, 6) is 1.28. The smallest absolute Gasteiger partial charge is 0.232 e. The van der Waals surface area contributed by atoms with E-state index in [2.05, 4.69) is 25.9 Å². The van der Waals surface area contributed by atoms with E-state index in [9.17, 15) is 0 Å². The minimum atomic E-state index is 0.0499. The highest BCUT2D eigenvalue weighted by Gasteiger charge is 2.47. The summed E-state index contributed by atoms with van der Waals surface area (Å²) in [7, 11) is 0. The third-order valence-electron chi connectivity index (χ3n) is 5.26. The summed E-state index contributed by atoms with van der Waals surface area (Å²) >= 11 is 0. The van der Waals surface area contributed by atoms with Crippen molar-refractivity contribution in [1.29, 1.82) is 0 Å². The molecule has 4 rings (SSSR count). The number of pyridine rings is 1. The Labute approximate surface area is 154 Å². The van der Waals surface area contributed by atoms with Gasteiger partial charge in [0.1, 0.15) is 0 Å². The molecule has 2 fully saturated rings. The number of hydrogen-bond donors (Lipinski definition) is 0. The maximum atomic E-state index is 6.16. The molecule has 6 heteroatoms. The molecule has 0 saturated carbocycles. The van der Waals surface area contributed by atoms with Gasteiger partial charge in [-0.3, -0.25) is 14.9 Å². The van der Waals surface area contributed by atoms with E-state index in [0.717, 1.165) is 51.2 Å². The average Bonchev–Trinajstić information content (AvgIpc) is 2.62. The number of aryl methyl sites for hydroxylation is 1. The van der Waals surface area contributed by atoms with E-state index in [0.29, 0.717) is 18.4 Å². The van der Waals surface area contributed by atoms with Gasteiger partial charge in [-0.15, -0.1) is 0 Å². The minimum Gasteiger partial charge on any atom is -0.477 e. The Kier molecular flexibility index (Phi) is 5.13. The molecule has 2 aliphatic heterocycles. The van der Waals surface area contributed by atoms with Gasteiger partial charge in [0.2, 0.25) is 5.88 Å². The van der Waals surface area contributed by atoms with E-state index in [4.69, 9.17) is 9.47 Å². The molecule has 0 aliphatic carbocycles. The van der Waals surface area contributed by atoms with Crippen LogP contribution in [0.4, 0.5) is 0 Å². The zero-order chi connectivity index (χ0) is 17.8. The van der Waals surface area contributed by atoms with Gasteiger partial charge in [0.25, 0.3) is 0 Å². The number of rotatable bonds is 6. The maximum Gasteiger partial charge on any atom is 0.232 e. The predicted molar refractivity (Wildman–Crippen MR) is 97.8 cm³/mol. The Bertz CT molecular complexity index is 719. The molecule has 26 heavy (non-hydrogen) atoms. The van der Waals surface area contributed by atoms with Crippen LogP contribution in [0.5, 0.6) is 5.88 Å². The van der Waals surface area contributed by atoms with Gasteiger partial charge in [-0.05, 0) is 43.7 Å². The van der Waals surface area contributed by atoms with Crippen LogP contribution >= 0.6 is 0 Å². The van der Waals surface area contributed by atoms with Crippen LogP contribution in [0, 0.1) is 12.8 Å². The molecule has 2 saturated heterocycles. The summed E-state index contributed by atoms with van der Waals surface area (Å²) in [4.78, 5) is 15.1. The quantitative estimate of drug-likeness (QED) is 0.795. The summed E-state index contributed by atoms with van der Waals surface area (Å²) in [6.07, 6.45) is 10.5. The SMILES string of the molecule is Cc1cncc(OCCC2CCOC3(C2)CN(Cc2cccnc2)C3)n1. The van der Waals surface area contributed by atoms with Crippen molar-refractivity contribution in [2.75, 3.05) is 26.3 Å². The molecule has 2 aliphatic rings. The highest BCUT2D eigenvalue weighted by molar-refractivity contribution is 5.11. The van der Waals surface area contributed by atoms with Crippen molar-refractivity contribution in [3.05, 3.63) is 48.2 Å². The molecule has 0 N–H and O–H groups in total. The molecule has 138 valence electrons. The molecule has 0 radical (unpaired) electrons. The van der Waals surface area contributed by atoms with E-state index in [-0.39, 0.29) is 5.60 Å². The standard InChI is InChI=1S/C20H26N4O2/c1-16-10-22-12-19(23-16)25-7-4-17-5-8-26-20(9-17)14-24(15-20)13-18-3-2-6-21-11-18/h2-3,6,10-12,17H,4-5,7-9,13-15H2,1H3. The van der Waals surface area contributed by atoms with E-state index in [1.54, 1.807) is 12.4 Å². The van der Waals surface area contributed by atoms with Crippen molar-refractivity contribution in [1.82, 2.24) is 19.9 Å². The van der Waals surface area contributed by atoms with Crippen LogP contribution in [0.15, 0.2) is 36.9 Å². The molecule has 1 atom stereocenters. The zero-order valence-corrected chi connectivity index (χ0v) is 15.3. The summed E-state index contributed by atoms with van der Waals surface area (Å²) in [6.45, 7) is 6.47. The average molecular weight is 354 g/mol. The number of nitrogens with zero attached hydrogens (tertiary/aromatic N) is 4. The second-order valence-electron chi connectivity index (χ2n) is 7.53. The fourth-order valence-electron chi connectivity index (χ4n) is 4.07. The molecule has 1 unspecified atom stereocenters. The Morgan fingerprint density at radius 3 is 3.00 bits per heavy atom. The zero-order valence-electron chi connectivity index (χ0n) is 15.3. The lowest BCUT2D eigenvalue weighted by atomic mass is 9.79. The first-order chi connectivity index (χ1) is 12.7. The van der Waals surface area contributed by atoms with Crippen molar-refractivity contribution in [3.63, 3.8) is 0 Å². The fraction of sp³-hybridized carbons (Fsp3) is 0.550. The molecule has 4 heterocycles. The van der Waals surface area contributed by atoms with E-state index < -0.39 is 0 Å². The minimum absolute atomic E-state index is 0.0499. The van der Waals surface area contributed by atoms with Crippen molar-refractivity contribution < 1.29 is 9.47 Å². The van der Waals surface area contributed by atoms with E-state index in [1.807, 2.05) is 25.4 Å². The van der Waals surface area contributed by atoms with Gasteiger partial charge in [0, 0.05) is 44.8 Å². The molecular formula is C20H26N4O2. The molecular weight excluding hydrogens is 328 g/mol. The number of likely N-dealkylation sites (tertiary alicyclic amines) is 1. The van der Waals surface area contributed by atoms with Crippen LogP contribution in [0.25, 0.3) is 0 Å². The van der Waals surface area contributed by atoms with E-state index >= 15 is 0 Å². The maximum absolute atomic E-state index is 6.16.